The van der Waals surface area contributed by atoms with Gasteiger partial charge in [-0.15, -0.1) is 11.3 Å². The molecule has 0 aliphatic heterocycles. The van der Waals surface area contributed by atoms with Crippen LogP contribution in [0.3, 0.4) is 0 Å². The maximum absolute atomic E-state index is 13.1. The number of nitrogens with zero attached hydrogens (tertiary/aromatic N) is 4. The van der Waals surface area contributed by atoms with E-state index < -0.39 is 0 Å². The first-order chi connectivity index (χ1) is 15.7. The number of fused-ring (bicyclic) bond motifs is 1. The Morgan fingerprint density at radius 2 is 1.88 bits per heavy atom. The molecule has 8 nitrogen and oxygen atoms in total. The highest BCUT2D eigenvalue weighted by Crippen LogP contribution is 2.32. The van der Waals surface area contributed by atoms with Crippen LogP contribution in [0.15, 0.2) is 70.2 Å². The Kier molecular flexibility index (Phi) is 5.16. The molecule has 2 aromatic carbocycles. The van der Waals surface area contributed by atoms with Gasteiger partial charge in [-0.3, -0.25) is 9.36 Å². The monoisotopic (exact) mass is 446 g/mol. The number of ether oxygens (including phenoxy) is 2. The van der Waals surface area contributed by atoms with Crippen LogP contribution in [0, 0.1) is 0 Å². The topological polar surface area (TPSA) is 92.3 Å². The Morgan fingerprint density at radius 1 is 1.06 bits per heavy atom. The fourth-order valence-electron chi connectivity index (χ4n) is 3.36. The summed E-state index contributed by atoms with van der Waals surface area (Å²) in [7, 11) is 3.21. The number of rotatable bonds is 6. The SMILES string of the molecule is COc1ccc(-c2cc3ncn(Cc4nc(-c5ccccc5OC)no4)c(=O)c3s2)cc1. The van der Waals surface area contributed by atoms with E-state index in [1.807, 2.05) is 54.6 Å². The number of hydrogen-bond acceptors (Lipinski definition) is 8. The zero-order chi connectivity index (χ0) is 22.1. The predicted octanol–water partition coefficient (Wildman–Crippen LogP) is 4.24. The number of thiophene rings is 1. The number of benzene rings is 2. The van der Waals surface area contributed by atoms with E-state index in [2.05, 4.69) is 15.1 Å². The lowest BCUT2D eigenvalue weighted by molar-refractivity contribution is 0.369. The first-order valence-corrected chi connectivity index (χ1v) is 10.6. The summed E-state index contributed by atoms with van der Waals surface area (Å²) in [5.74, 6) is 2.13. The van der Waals surface area contributed by atoms with Crippen LogP contribution < -0.4 is 15.0 Å². The lowest BCUT2D eigenvalue weighted by atomic mass is 10.2. The first kappa shape index (κ1) is 20.0. The standard InChI is InChI=1S/C23H18N4O4S/c1-29-15-9-7-14(8-10-15)19-11-17-21(32-19)23(28)27(13-24-17)12-20-25-22(26-31-20)16-5-3-4-6-18(16)30-2/h3-11,13H,12H2,1-2H3. The van der Waals surface area contributed by atoms with E-state index in [4.69, 9.17) is 14.0 Å². The number of aromatic nitrogens is 4. The minimum Gasteiger partial charge on any atom is -0.497 e. The van der Waals surface area contributed by atoms with Crippen molar-refractivity contribution in [1.82, 2.24) is 19.7 Å². The highest BCUT2D eigenvalue weighted by atomic mass is 32.1. The van der Waals surface area contributed by atoms with Crippen LogP contribution in [-0.2, 0) is 6.54 Å². The van der Waals surface area contributed by atoms with Crippen molar-refractivity contribution >= 4 is 21.6 Å². The molecule has 0 N–H and O–H groups in total. The maximum atomic E-state index is 13.1. The van der Waals surface area contributed by atoms with Gasteiger partial charge in [0, 0.05) is 4.88 Å². The van der Waals surface area contributed by atoms with Gasteiger partial charge in [0.1, 0.15) is 22.7 Å². The van der Waals surface area contributed by atoms with Gasteiger partial charge in [-0.25, -0.2) is 4.98 Å². The highest BCUT2D eigenvalue weighted by Gasteiger charge is 2.15. The van der Waals surface area contributed by atoms with Crippen molar-refractivity contribution in [2.45, 2.75) is 6.54 Å². The van der Waals surface area contributed by atoms with Crippen molar-refractivity contribution in [1.29, 1.82) is 0 Å². The molecule has 0 atom stereocenters. The Bertz CT molecular complexity index is 1450. The zero-order valence-electron chi connectivity index (χ0n) is 17.3. The van der Waals surface area contributed by atoms with E-state index in [-0.39, 0.29) is 12.1 Å². The van der Waals surface area contributed by atoms with Gasteiger partial charge in [0.25, 0.3) is 5.56 Å². The van der Waals surface area contributed by atoms with Gasteiger partial charge >= 0.3 is 0 Å². The minimum absolute atomic E-state index is 0.125. The Balaban J connectivity index is 1.45. The second kappa shape index (κ2) is 8.27. The molecule has 0 saturated carbocycles. The van der Waals surface area contributed by atoms with E-state index in [1.165, 1.54) is 22.2 Å². The van der Waals surface area contributed by atoms with Crippen molar-refractivity contribution in [3.8, 4) is 33.3 Å². The van der Waals surface area contributed by atoms with E-state index in [1.54, 1.807) is 14.2 Å². The van der Waals surface area contributed by atoms with E-state index in [9.17, 15) is 4.79 Å². The predicted molar refractivity (Wildman–Crippen MR) is 121 cm³/mol. The minimum atomic E-state index is -0.156. The normalized spacial score (nSPS) is 11.1. The van der Waals surface area contributed by atoms with Gasteiger partial charge in [-0.05, 0) is 48.0 Å². The van der Waals surface area contributed by atoms with Crippen LogP contribution in [0.25, 0.3) is 32.0 Å². The molecular formula is C23H18N4O4S. The molecule has 9 heteroatoms. The lowest BCUT2D eigenvalue weighted by Crippen LogP contribution is -2.20. The number of para-hydroxylation sites is 1. The zero-order valence-corrected chi connectivity index (χ0v) is 18.1. The van der Waals surface area contributed by atoms with E-state index >= 15 is 0 Å². The van der Waals surface area contributed by atoms with Gasteiger partial charge in [0.15, 0.2) is 0 Å². The van der Waals surface area contributed by atoms with Crippen LogP contribution in [0.4, 0.5) is 0 Å². The van der Waals surface area contributed by atoms with E-state index in [0.29, 0.717) is 33.2 Å². The van der Waals surface area contributed by atoms with Gasteiger partial charge in [0.2, 0.25) is 11.7 Å². The fraction of sp³-hybridized carbons (Fsp3) is 0.130. The Labute approximate surface area is 186 Å². The van der Waals surface area contributed by atoms with Crippen molar-refractivity contribution in [2.75, 3.05) is 14.2 Å². The number of methoxy groups -OCH3 is 2. The largest absolute Gasteiger partial charge is 0.497 e. The third-order valence-electron chi connectivity index (χ3n) is 5.00. The van der Waals surface area contributed by atoms with Crippen molar-refractivity contribution in [3.63, 3.8) is 0 Å². The molecule has 5 rings (SSSR count). The summed E-state index contributed by atoms with van der Waals surface area (Å²) >= 11 is 1.40. The summed E-state index contributed by atoms with van der Waals surface area (Å²) in [6, 6.07) is 17.0. The van der Waals surface area contributed by atoms with Gasteiger partial charge in [-0.2, -0.15) is 4.98 Å². The molecule has 0 bridgehead atoms. The van der Waals surface area contributed by atoms with Crippen LogP contribution in [0.5, 0.6) is 11.5 Å². The second-order valence-corrected chi connectivity index (χ2v) is 8.00. The molecule has 0 saturated heterocycles. The van der Waals surface area contributed by atoms with Gasteiger partial charge in [-0.1, -0.05) is 17.3 Å². The number of hydrogen-bond donors (Lipinski definition) is 0. The van der Waals surface area contributed by atoms with Crippen LogP contribution in [-0.4, -0.2) is 33.9 Å². The lowest BCUT2D eigenvalue weighted by Gasteiger charge is -2.03. The van der Waals surface area contributed by atoms with E-state index in [0.717, 1.165) is 16.2 Å². The molecule has 0 fully saturated rings. The summed E-state index contributed by atoms with van der Waals surface area (Å²) in [5, 5.41) is 4.03. The summed E-state index contributed by atoms with van der Waals surface area (Å²) in [6.07, 6.45) is 1.50. The average molecular weight is 446 g/mol. The molecule has 32 heavy (non-hydrogen) atoms. The summed E-state index contributed by atoms with van der Waals surface area (Å²) in [6.45, 7) is 0.125. The molecular weight excluding hydrogens is 428 g/mol. The molecule has 0 radical (unpaired) electrons. The Morgan fingerprint density at radius 3 is 2.66 bits per heavy atom. The molecule has 0 aliphatic rings. The second-order valence-electron chi connectivity index (χ2n) is 6.94. The molecule has 0 unspecified atom stereocenters. The molecule has 0 amide bonds. The van der Waals surface area contributed by atoms with Gasteiger partial charge in [0.05, 0.1) is 31.6 Å². The quantitative estimate of drug-likeness (QED) is 0.385. The highest BCUT2D eigenvalue weighted by molar-refractivity contribution is 7.22. The summed E-state index contributed by atoms with van der Waals surface area (Å²) in [4.78, 5) is 22.9. The fourth-order valence-corrected chi connectivity index (χ4v) is 4.42. The molecule has 3 heterocycles. The summed E-state index contributed by atoms with van der Waals surface area (Å²) in [5.41, 5.74) is 2.21. The third kappa shape index (κ3) is 3.63. The molecule has 5 aromatic rings. The summed E-state index contributed by atoms with van der Waals surface area (Å²) < 4.78 is 18.0. The maximum Gasteiger partial charge on any atom is 0.271 e. The van der Waals surface area contributed by atoms with Crippen LogP contribution in [0.1, 0.15) is 5.89 Å². The molecule has 0 spiro atoms. The van der Waals surface area contributed by atoms with Gasteiger partial charge < -0.3 is 14.0 Å². The van der Waals surface area contributed by atoms with Crippen molar-refractivity contribution < 1.29 is 14.0 Å². The first-order valence-electron chi connectivity index (χ1n) is 9.75. The van der Waals surface area contributed by atoms with Crippen molar-refractivity contribution in [3.05, 3.63) is 77.2 Å². The molecule has 0 aliphatic carbocycles. The van der Waals surface area contributed by atoms with Crippen LogP contribution >= 0.6 is 11.3 Å². The average Bonchev–Trinajstić information content (AvgIpc) is 3.49. The van der Waals surface area contributed by atoms with Crippen molar-refractivity contribution in [2.24, 2.45) is 0 Å². The molecule has 160 valence electrons. The molecule has 3 aromatic heterocycles. The smallest absolute Gasteiger partial charge is 0.271 e. The van der Waals surface area contributed by atoms with Crippen LogP contribution in [0.2, 0.25) is 0 Å². The third-order valence-corrected chi connectivity index (χ3v) is 6.16. The Hall–Kier alpha value is -3.98.